The number of anilines is 1. The summed E-state index contributed by atoms with van der Waals surface area (Å²) in [5.74, 6) is -0.417. The van der Waals surface area contributed by atoms with Crippen LogP contribution >= 0.6 is 0 Å². The van der Waals surface area contributed by atoms with Gasteiger partial charge in [-0.05, 0) is 37.6 Å². The monoisotopic (exact) mass is 222 g/mol. The smallest absolute Gasteiger partial charge is 0.241 e. The van der Waals surface area contributed by atoms with Gasteiger partial charge in [0.05, 0.1) is 6.04 Å². The quantitative estimate of drug-likeness (QED) is 0.802. The van der Waals surface area contributed by atoms with Crippen molar-refractivity contribution in [3.05, 3.63) is 30.1 Å². The number of benzene rings is 1. The predicted molar refractivity (Wildman–Crippen MR) is 60.7 cm³/mol. The number of carbonyl (C=O) groups excluding carboxylic acids is 1. The van der Waals surface area contributed by atoms with Crippen molar-refractivity contribution in [1.29, 1.82) is 0 Å². The number of hydrogen-bond acceptors (Lipinski definition) is 2. The first-order valence-electron chi connectivity index (χ1n) is 5.55. The van der Waals surface area contributed by atoms with E-state index in [1.165, 1.54) is 12.1 Å². The molecule has 86 valence electrons. The third kappa shape index (κ3) is 2.79. The first-order chi connectivity index (χ1) is 7.75. The zero-order valence-corrected chi connectivity index (χ0v) is 9.00. The van der Waals surface area contributed by atoms with Crippen LogP contribution < -0.4 is 10.6 Å². The SMILES string of the molecule is O=C(Nc1cccc(F)c1)C1CCCCN1. The van der Waals surface area contributed by atoms with E-state index in [0.717, 1.165) is 25.8 Å². The fourth-order valence-corrected chi connectivity index (χ4v) is 1.87. The van der Waals surface area contributed by atoms with Crippen molar-refractivity contribution in [2.45, 2.75) is 25.3 Å². The number of halogens is 1. The Hall–Kier alpha value is -1.42. The summed E-state index contributed by atoms with van der Waals surface area (Å²) in [4.78, 5) is 11.8. The van der Waals surface area contributed by atoms with E-state index >= 15 is 0 Å². The maximum atomic E-state index is 12.9. The maximum Gasteiger partial charge on any atom is 0.241 e. The van der Waals surface area contributed by atoms with Crippen LogP contribution in [-0.2, 0) is 4.79 Å². The van der Waals surface area contributed by atoms with Crippen molar-refractivity contribution in [3.63, 3.8) is 0 Å². The van der Waals surface area contributed by atoms with Crippen molar-refractivity contribution in [2.75, 3.05) is 11.9 Å². The molecular formula is C12H15FN2O. The lowest BCUT2D eigenvalue weighted by Crippen LogP contribution is -2.43. The Labute approximate surface area is 94.0 Å². The van der Waals surface area contributed by atoms with E-state index in [-0.39, 0.29) is 17.8 Å². The molecular weight excluding hydrogens is 207 g/mol. The van der Waals surface area contributed by atoms with E-state index < -0.39 is 0 Å². The minimum absolute atomic E-state index is 0.0784. The van der Waals surface area contributed by atoms with Crippen molar-refractivity contribution >= 4 is 11.6 Å². The van der Waals surface area contributed by atoms with Gasteiger partial charge in [0.15, 0.2) is 0 Å². The van der Waals surface area contributed by atoms with Crippen LogP contribution in [0, 0.1) is 5.82 Å². The van der Waals surface area contributed by atoms with E-state index in [1.54, 1.807) is 12.1 Å². The van der Waals surface area contributed by atoms with Crippen molar-refractivity contribution in [2.24, 2.45) is 0 Å². The van der Waals surface area contributed by atoms with Gasteiger partial charge in [0.1, 0.15) is 5.82 Å². The number of amides is 1. The Bertz CT molecular complexity index is 375. The van der Waals surface area contributed by atoms with Gasteiger partial charge in [-0.25, -0.2) is 4.39 Å². The molecule has 1 aromatic carbocycles. The van der Waals surface area contributed by atoms with Crippen LogP contribution in [-0.4, -0.2) is 18.5 Å². The van der Waals surface area contributed by atoms with Crippen LogP contribution in [0.2, 0.25) is 0 Å². The molecule has 0 bridgehead atoms. The van der Waals surface area contributed by atoms with Gasteiger partial charge < -0.3 is 10.6 Å². The standard InChI is InChI=1S/C12H15FN2O/c13-9-4-3-5-10(8-9)15-12(16)11-6-1-2-7-14-11/h3-5,8,11,14H,1-2,6-7H2,(H,15,16). The lowest BCUT2D eigenvalue weighted by atomic mass is 10.0. The third-order valence-corrected chi connectivity index (χ3v) is 2.72. The molecule has 2 N–H and O–H groups in total. The second kappa shape index (κ2) is 5.07. The van der Waals surface area contributed by atoms with Gasteiger partial charge in [-0.2, -0.15) is 0 Å². The Balaban J connectivity index is 1.96. The number of piperidine rings is 1. The highest BCUT2D eigenvalue weighted by molar-refractivity contribution is 5.94. The Kier molecular flexibility index (Phi) is 3.51. The highest BCUT2D eigenvalue weighted by Crippen LogP contribution is 2.12. The molecule has 16 heavy (non-hydrogen) atoms. The first-order valence-corrected chi connectivity index (χ1v) is 5.55. The van der Waals surface area contributed by atoms with E-state index in [1.807, 2.05) is 0 Å². The molecule has 1 saturated heterocycles. The molecule has 0 radical (unpaired) electrons. The minimum atomic E-state index is -0.339. The summed E-state index contributed by atoms with van der Waals surface area (Å²) >= 11 is 0. The minimum Gasteiger partial charge on any atom is -0.325 e. The molecule has 1 heterocycles. The second-order valence-electron chi connectivity index (χ2n) is 4.00. The van der Waals surface area contributed by atoms with Crippen LogP contribution in [0.3, 0.4) is 0 Å². The van der Waals surface area contributed by atoms with Crippen LogP contribution in [0.4, 0.5) is 10.1 Å². The summed E-state index contributed by atoms with van der Waals surface area (Å²) < 4.78 is 12.9. The van der Waals surface area contributed by atoms with Gasteiger partial charge in [-0.15, -0.1) is 0 Å². The van der Waals surface area contributed by atoms with E-state index in [2.05, 4.69) is 10.6 Å². The first kappa shape index (κ1) is 11.1. The topological polar surface area (TPSA) is 41.1 Å². The molecule has 0 aromatic heterocycles. The molecule has 2 rings (SSSR count). The highest BCUT2D eigenvalue weighted by Gasteiger charge is 2.20. The molecule has 0 aliphatic carbocycles. The zero-order valence-electron chi connectivity index (χ0n) is 9.00. The average molecular weight is 222 g/mol. The second-order valence-corrected chi connectivity index (χ2v) is 4.00. The molecule has 1 atom stereocenters. The molecule has 1 amide bonds. The molecule has 3 nitrogen and oxygen atoms in total. The summed E-state index contributed by atoms with van der Waals surface area (Å²) in [6, 6.07) is 5.80. The van der Waals surface area contributed by atoms with E-state index in [4.69, 9.17) is 0 Å². The fourth-order valence-electron chi connectivity index (χ4n) is 1.87. The summed E-state index contributed by atoms with van der Waals surface area (Å²) in [5.41, 5.74) is 0.511. The molecule has 0 spiro atoms. The van der Waals surface area contributed by atoms with Crippen molar-refractivity contribution in [3.8, 4) is 0 Å². The molecule has 1 fully saturated rings. The maximum absolute atomic E-state index is 12.9. The lowest BCUT2D eigenvalue weighted by Gasteiger charge is -2.22. The van der Waals surface area contributed by atoms with Gasteiger partial charge in [0.25, 0.3) is 0 Å². The number of carbonyl (C=O) groups is 1. The Morgan fingerprint density at radius 1 is 1.44 bits per heavy atom. The summed E-state index contributed by atoms with van der Waals surface area (Å²) in [6.07, 6.45) is 3.03. The van der Waals surface area contributed by atoms with Crippen molar-refractivity contribution in [1.82, 2.24) is 5.32 Å². The molecule has 0 saturated carbocycles. The number of nitrogens with one attached hydrogen (secondary N) is 2. The average Bonchev–Trinajstić information content (AvgIpc) is 2.30. The number of rotatable bonds is 2. The zero-order chi connectivity index (χ0) is 11.4. The largest absolute Gasteiger partial charge is 0.325 e. The normalized spacial score (nSPS) is 20.4. The summed E-state index contributed by atoms with van der Waals surface area (Å²) in [6.45, 7) is 0.876. The number of hydrogen-bond donors (Lipinski definition) is 2. The van der Waals surface area contributed by atoms with Crippen LogP contribution in [0.1, 0.15) is 19.3 Å². The third-order valence-electron chi connectivity index (χ3n) is 2.72. The Morgan fingerprint density at radius 2 is 2.31 bits per heavy atom. The molecule has 1 aliphatic rings. The van der Waals surface area contributed by atoms with Crippen LogP contribution in [0.25, 0.3) is 0 Å². The van der Waals surface area contributed by atoms with Crippen LogP contribution in [0.5, 0.6) is 0 Å². The van der Waals surface area contributed by atoms with Gasteiger partial charge in [0, 0.05) is 5.69 Å². The van der Waals surface area contributed by atoms with Crippen LogP contribution in [0.15, 0.2) is 24.3 Å². The lowest BCUT2D eigenvalue weighted by molar-refractivity contribution is -0.118. The molecule has 1 aromatic rings. The van der Waals surface area contributed by atoms with E-state index in [0.29, 0.717) is 5.69 Å². The fraction of sp³-hybridized carbons (Fsp3) is 0.417. The van der Waals surface area contributed by atoms with Gasteiger partial charge >= 0.3 is 0 Å². The summed E-state index contributed by atoms with van der Waals surface area (Å²) in [7, 11) is 0. The highest BCUT2D eigenvalue weighted by atomic mass is 19.1. The molecule has 1 unspecified atom stereocenters. The molecule has 1 aliphatic heterocycles. The Morgan fingerprint density at radius 3 is 3.00 bits per heavy atom. The van der Waals surface area contributed by atoms with E-state index in [9.17, 15) is 9.18 Å². The molecule has 4 heteroatoms. The van der Waals surface area contributed by atoms with Gasteiger partial charge in [0.2, 0.25) is 5.91 Å². The van der Waals surface area contributed by atoms with Gasteiger partial charge in [-0.3, -0.25) is 4.79 Å². The van der Waals surface area contributed by atoms with Crippen molar-refractivity contribution < 1.29 is 9.18 Å². The summed E-state index contributed by atoms with van der Waals surface area (Å²) in [5, 5.41) is 5.86. The predicted octanol–water partition coefficient (Wildman–Crippen LogP) is 1.91. The van der Waals surface area contributed by atoms with Gasteiger partial charge in [-0.1, -0.05) is 12.5 Å².